The number of nitriles is 1. The average molecular weight is 382 g/mol. The van der Waals surface area contributed by atoms with E-state index in [1.807, 2.05) is 19.1 Å². The highest BCUT2D eigenvalue weighted by Crippen LogP contribution is 2.32. The van der Waals surface area contributed by atoms with E-state index in [2.05, 4.69) is 0 Å². The number of benzene rings is 2. The molecule has 0 radical (unpaired) electrons. The van der Waals surface area contributed by atoms with Gasteiger partial charge in [-0.2, -0.15) is 5.26 Å². The van der Waals surface area contributed by atoms with Crippen LogP contribution in [0.5, 0.6) is 23.0 Å². The lowest BCUT2D eigenvalue weighted by Crippen LogP contribution is -2.12. The summed E-state index contributed by atoms with van der Waals surface area (Å²) in [6.07, 6.45) is 1.40. The van der Waals surface area contributed by atoms with Crippen LogP contribution in [-0.2, 0) is 11.4 Å². The predicted octanol–water partition coefficient (Wildman–Crippen LogP) is 3.07. The van der Waals surface area contributed by atoms with Crippen molar-refractivity contribution < 1.29 is 23.7 Å². The van der Waals surface area contributed by atoms with Crippen LogP contribution in [0.4, 0.5) is 0 Å². The summed E-state index contributed by atoms with van der Waals surface area (Å²) in [6.45, 7) is 2.51. The second-order valence-electron chi connectivity index (χ2n) is 5.64. The first kappa shape index (κ1) is 20.6. The molecule has 0 aliphatic heterocycles. The molecule has 0 aromatic heterocycles. The summed E-state index contributed by atoms with van der Waals surface area (Å²) >= 11 is 0. The van der Waals surface area contributed by atoms with Crippen LogP contribution in [0, 0.1) is 11.3 Å². The van der Waals surface area contributed by atoms with Crippen LogP contribution in [0.15, 0.2) is 42.0 Å². The van der Waals surface area contributed by atoms with E-state index in [0.717, 1.165) is 5.56 Å². The van der Waals surface area contributed by atoms with Gasteiger partial charge in [0.1, 0.15) is 29.7 Å². The lowest BCUT2D eigenvalue weighted by molar-refractivity contribution is -0.114. The van der Waals surface area contributed by atoms with Gasteiger partial charge in [0.15, 0.2) is 11.5 Å². The highest BCUT2D eigenvalue weighted by molar-refractivity contribution is 6.00. The number of nitrogens with two attached hydrogens (primary N) is 1. The zero-order chi connectivity index (χ0) is 20.5. The van der Waals surface area contributed by atoms with E-state index >= 15 is 0 Å². The maximum atomic E-state index is 11.2. The van der Waals surface area contributed by atoms with Crippen LogP contribution in [0.25, 0.3) is 6.08 Å². The van der Waals surface area contributed by atoms with Crippen LogP contribution < -0.4 is 24.7 Å². The molecule has 0 aliphatic carbocycles. The molecule has 2 aromatic carbocycles. The minimum absolute atomic E-state index is 0.141. The molecular formula is C21H22N2O5. The van der Waals surface area contributed by atoms with Crippen molar-refractivity contribution in [2.45, 2.75) is 13.5 Å². The zero-order valence-electron chi connectivity index (χ0n) is 16.0. The van der Waals surface area contributed by atoms with E-state index in [9.17, 15) is 4.79 Å². The fourth-order valence-electron chi connectivity index (χ4n) is 2.48. The summed E-state index contributed by atoms with van der Waals surface area (Å²) in [5.74, 6) is 1.59. The normalized spacial score (nSPS) is 10.7. The zero-order valence-corrected chi connectivity index (χ0v) is 16.0. The maximum Gasteiger partial charge on any atom is 0.259 e. The Hall–Kier alpha value is -3.66. The van der Waals surface area contributed by atoms with Gasteiger partial charge in [-0.05, 0) is 48.9 Å². The van der Waals surface area contributed by atoms with Gasteiger partial charge >= 0.3 is 0 Å². The topological polar surface area (TPSA) is 104 Å². The van der Waals surface area contributed by atoms with Crippen LogP contribution in [0.2, 0.25) is 0 Å². The summed E-state index contributed by atoms with van der Waals surface area (Å²) in [6, 6.07) is 12.3. The first-order valence-corrected chi connectivity index (χ1v) is 8.54. The third-order valence-corrected chi connectivity index (χ3v) is 3.84. The summed E-state index contributed by atoms with van der Waals surface area (Å²) in [5, 5.41) is 8.99. The quantitative estimate of drug-likeness (QED) is 0.528. The molecule has 7 nitrogen and oxygen atoms in total. The van der Waals surface area contributed by atoms with Crippen molar-refractivity contribution >= 4 is 12.0 Å². The number of amides is 1. The average Bonchev–Trinajstić information content (AvgIpc) is 2.71. The minimum atomic E-state index is -0.786. The van der Waals surface area contributed by atoms with Gasteiger partial charge < -0.3 is 24.7 Å². The molecule has 7 heteroatoms. The smallest absolute Gasteiger partial charge is 0.259 e. The number of methoxy groups -OCH3 is 2. The Balaban J connectivity index is 2.29. The van der Waals surface area contributed by atoms with Crippen molar-refractivity contribution in [1.29, 1.82) is 5.26 Å². The molecule has 28 heavy (non-hydrogen) atoms. The Kier molecular flexibility index (Phi) is 7.28. The highest BCUT2D eigenvalue weighted by atomic mass is 16.5. The van der Waals surface area contributed by atoms with Gasteiger partial charge in [-0.1, -0.05) is 6.07 Å². The third kappa shape index (κ3) is 5.17. The molecule has 0 heterocycles. The van der Waals surface area contributed by atoms with E-state index in [1.165, 1.54) is 6.08 Å². The SMILES string of the molecule is CCOc1cc(/C=C(\C#N)C(N)=O)ccc1OCc1cc(OC)ccc1OC. The van der Waals surface area contributed by atoms with Crippen molar-refractivity contribution in [3.05, 3.63) is 53.1 Å². The van der Waals surface area contributed by atoms with Crippen LogP contribution in [-0.4, -0.2) is 26.7 Å². The van der Waals surface area contributed by atoms with Gasteiger partial charge in [-0.3, -0.25) is 4.79 Å². The van der Waals surface area contributed by atoms with Gasteiger partial charge in [0.2, 0.25) is 0 Å². The molecule has 2 rings (SSSR count). The van der Waals surface area contributed by atoms with Gasteiger partial charge in [-0.25, -0.2) is 0 Å². The predicted molar refractivity (Wildman–Crippen MR) is 104 cm³/mol. The van der Waals surface area contributed by atoms with E-state index in [-0.39, 0.29) is 12.2 Å². The summed E-state index contributed by atoms with van der Waals surface area (Å²) < 4.78 is 22.2. The van der Waals surface area contributed by atoms with Crippen molar-refractivity contribution in [3.8, 4) is 29.1 Å². The molecule has 146 valence electrons. The number of rotatable bonds is 9. The largest absolute Gasteiger partial charge is 0.497 e. The molecule has 0 bridgehead atoms. The first-order chi connectivity index (χ1) is 13.5. The van der Waals surface area contributed by atoms with Crippen molar-refractivity contribution in [3.63, 3.8) is 0 Å². The number of carbonyl (C=O) groups excluding carboxylic acids is 1. The minimum Gasteiger partial charge on any atom is -0.497 e. The Morgan fingerprint density at radius 3 is 2.43 bits per heavy atom. The maximum absolute atomic E-state index is 11.2. The molecule has 0 fully saturated rings. The van der Waals surface area contributed by atoms with Crippen molar-refractivity contribution in [1.82, 2.24) is 0 Å². The Bertz CT molecular complexity index is 915. The number of hydrogen-bond donors (Lipinski definition) is 1. The fraction of sp³-hybridized carbons (Fsp3) is 0.238. The van der Waals surface area contributed by atoms with Crippen LogP contribution in [0.3, 0.4) is 0 Å². The van der Waals surface area contributed by atoms with E-state index in [1.54, 1.807) is 44.6 Å². The van der Waals surface area contributed by atoms with Gasteiger partial charge in [0, 0.05) is 5.56 Å². The number of primary amides is 1. The fourth-order valence-corrected chi connectivity index (χ4v) is 2.48. The van der Waals surface area contributed by atoms with E-state index in [0.29, 0.717) is 35.2 Å². The lowest BCUT2D eigenvalue weighted by atomic mass is 10.1. The Labute approximate surface area is 163 Å². The van der Waals surface area contributed by atoms with Gasteiger partial charge in [0.05, 0.1) is 20.8 Å². The highest BCUT2D eigenvalue weighted by Gasteiger charge is 2.11. The molecule has 2 aromatic rings. The number of ether oxygens (including phenoxy) is 4. The lowest BCUT2D eigenvalue weighted by Gasteiger charge is -2.15. The summed E-state index contributed by atoms with van der Waals surface area (Å²) in [7, 11) is 3.18. The summed E-state index contributed by atoms with van der Waals surface area (Å²) in [4.78, 5) is 11.2. The molecule has 2 N–H and O–H groups in total. The monoisotopic (exact) mass is 382 g/mol. The molecule has 0 atom stereocenters. The van der Waals surface area contributed by atoms with Crippen LogP contribution in [0.1, 0.15) is 18.1 Å². The Morgan fingerprint density at radius 1 is 1.07 bits per heavy atom. The molecule has 0 saturated carbocycles. The molecule has 0 spiro atoms. The van der Waals surface area contributed by atoms with Crippen molar-refractivity contribution in [2.75, 3.05) is 20.8 Å². The second kappa shape index (κ2) is 9.88. The van der Waals surface area contributed by atoms with Gasteiger partial charge in [0.25, 0.3) is 5.91 Å². The Morgan fingerprint density at radius 2 is 1.82 bits per heavy atom. The number of nitrogens with zero attached hydrogens (tertiary/aromatic N) is 1. The molecule has 0 aliphatic rings. The molecule has 0 unspecified atom stereocenters. The summed E-state index contributed by atoms with van der Waals surface area (Å²) in [5.41, 5.74) is 6.45. The van der Waals surface area contributed by atoms with Crippen molar-refractivity contribution in [2.24, 2.45) is 5.73 Å². The van der Waals surface area contributed by atoms with E-state index < -0.39 is 5.91 Å². The molecule has 1 amide bonds. The second-order valence-corrected chi connectivity index (χ2v) is 5.64. The molecule has 0 saturated heterocycles. The number of hydrogen-bond acceptors (Lipinski definition) is 6. The van der Waals surface area contributed by atoms with Gasteiger partial charge in [-0.15, -0.1) is 0 Å². The van der Waals surface area contributed by atoms with Crippen LogP contribution >= 0.6 is 0 Å². The molecular weight excluding hydrogens is 360 g/mol. The first-order valence-electron chi connectivity index (χ1n) is 8.54. The van der Waals surface area contributed by atoms with E-state index in [4.69, 9.17) is 29.9 Å². The standard InChI is InChI=1S/C21H22N2O5/c1-4-27-20-10-14(9-15(12-22)21(23)24)5-7-19(20)28-13-16-11-17(25-2)6-8-18(16)26-3/h5-11H,4,13H2,1-3H3,(H2,23,24)/b15-9+. The third-order valence-electron chi connectivity index (χ3n) is 3.84. The number of carbonyl (C=O) groups is 1.